The molecule has 2 aromatic rings. The van der Waals surface area contributed by atoms with Gasteiger partial charge in [0.25, 0.3) is 5.91 Å². The van der Waals surface area contributed by atoms with Gasteiger partial charge in [-0.05, 0) is 42.8 Å². The fourth-order valence-electron chi connectivity index (χ4n) is 2.91. The molecule has 0 radical (unpaired) electrons. The average Bonchev–Trinajstić information content (AvgIpc) is 2.61. The predicted molar refractivity (Wildman–Crippen MR) is 96.9 cm³/mol. The lowest BCUT2D eigenvalue weighted by molar-refractivity contribution is -0.133. The second-order valence-electron chi connectivity index (χ2n) is 6.02. The van der Waals surface area contributed by atoms with Gasteiger partial charge in [-0.15, -0.1) is 0 Å². The van der Waals surface area contributed by atoms with Gasteiger partial charge in [0.2, 0.25) is 0 Å². The topological polar surface area (TPSA) is 32.8 Å². The standard InChI is InChI=1S/C19H20ClFN2O2/c1-14-12-15(20)6-7-18(14)25-13-19(24)23-10-8-22(9-11-23)17-5-3-2-4-16(17)21/h2-7,12H,8-11,13H2,1H3. The number of halogens is 2. The highest BCUT2D eigenvalue weighted by atomic mass is 35.5. The summed E-state index contributed by atoms with van der Waals surface area (Å²) in [5.74, 6) is 0.356. The summed E-state index contributed by atoms with van der Waals surface area (Å²) in [6.45, 7) is 4.19. The molecule has 1 saturated heterocycles. The molecule has 132 valence electrons. The number of anilines is 1. The Kier molecular flexibility index (Phi) is 5.43. The van der Waals surface area contributed by atoms with Crippen LogP contribution in [0.1, 0.15) is 5.56 Å². The molecule has 25 heavy (non-hydrogen) atoms. The van der Waals surface area contributed by atoms with Crippen LogP contribution in [0.2, 0.25) is 5.02 Å². The summed E-state index contributed by atoms with van der Waals surface area (Å²) in [6.07, 6.45) is 0. The van der Waals surface area contributed by atoms with E-state index in [1.807, 2.05) is 17.9 Å². The number of carbonyl (C=O) groups is 1. The van der Waals surface area contributed by atoms with Gasteiger partial charge in [0, 0.05) is 31.2 Å². The Morgan fingerprint density at radius 3 is 2.56 bits per heavy atom. The van der Waals surface area contributed by atoms with Crippen LogP contribution < -0.4 is 9.64 Å². The summed E-state index contributed by atoms with van der Waals surface area (Å²) in [5, 5.41) is 0.639. The van der Waals surface area contributed by atoms with Crippen molar-refractivity contribution in [2.45, 2.75) is 6.92 Å². The fourth-order valence-corrected chi connectivity index (χ4v) is 3.14. The maximum atomic E-state index is 13.9. The number of hydrogen-bond donors (Lipinski definition) is 0. The molecule has 1 fully saturated rings. The first-order chi connectivity index (χ1) is 12.0. The molecule has 0 unspecified atom stereocenters. The van der Waals surface area contributed by atoms with Gasteiger partial charge in [0.15, 0.2) is 6.61 Å². The molecule has 0 bridgehead atoms. The smallest absolute Gasteiger partial charge is 0.260 e. The van der Waals surface area contributed by atoms with E-state index in [9.17, 15) is 9.18 Å². The first-order valence-electron chi connectivity index (χ1n) is 8.21. The molecule has 6 heteroatoms. The Morgan fingerprint density at radius 1 is 1.16 bits per heavy atom. The maximum Gasteiger partial charge on any atom is 0.260 e. The van der Waals surface area contributed by atoms with E-state index in [2.05, 4.69) is 0 Å². The van der Waals surface area contributed by atoms with E-state index in [1.54, 1.807) is 35.2 Å². The average molecular weight is 363 g/mol. The Labute approximate surface area is 151 Å². The summed E-state index contributed by atoms with van der Waals surface area (Å²) >= 11 is 5.91. The van der Waals surface area contributed by atoms with Crippen molar-refractivity contribution in [3.05, 3.63) is 58.9 Å². The van der Waals surface area contributed by atoms with Gasteiger partial charge in [0.1, 0.15) is 11.6 Å². The van der Waals surface area contributed by atoms with Gasteiger partial charge >= 0.3 is 0 Å². The molecule has 1 heterocycles. The largest absolute Gasteiger partial charge is 0.483 e. The van der Waals surface area contributed by atoms with Gasteiger partial charge in [-0.1, -0.05) is 23.7 Å². The third-order valence-corrected chi connectivity index (χ3v) is 4.55. The van der Waals surface area contributed by atoms with Crippen molar-refractivity contribution in [3.8, 4) is 5.75 Å². The van der Waals surface area contributed by atoms with E-state index in [1.165, 1.54) is 6.07 Å². The number of rotatable bonds is 4. The normalized spacial score (nSPS) is 14.5. The van der Waals surface area contributed by atoms with Crippen LogP contribution in [0.4, 0.5) is 10.1 Å². The number of hydrogen-bond acceptors (Lipinski definition) is 3. The number of piperazine rings is 1. The highest BCUT2D eigenvalue weighted by molar-refractivity contribution is 6.30. The molecule has 4 nitrogen and oxygen atoms in total. The molecule has 1 aliphatic heterocycles. The second kappa shape index (κ2) is 7.74. The first kappa shape index (κ1) is 17.5. The quantitative estimate of drug-likeness (QED) is 0.834. The van der Waals surface area contributed by atoms with Gasteiger partial charge in [-0.25, -0.2) is 4.39 Å². The van der Waals surface area contributed by atoms with Crippen molar-refractivity contribution >= 4 is 23.2 Å². The van der Waals surface area contributed by atoms with Crippen LogP contribution in [0.3, 0.4) is 0 Å². The molecule has 3 rings (SSSR count). The molecule has 0 N–H and O–H groups in total. The lowest BCUT2D eigenvalue weighted by atomic mass is 10.2. The Hall–Kier alpha value is -2.27. The van der Waals surface area contributed by atoms with Crippen molar-refractivity contribution in [3.63, 3.8) is 0 Å². The Morgan fingerprint density at radius 2 is 1.88 bits per heavy atom. The molecule has 0 spiro atoms. The molecule has 0 saturated carbocycles. The highest BCUT2D eigenvalue weighted by Gasteiger charge is 2.23. The zero-order valence-electron chi connectivity index (χ0n) is 14.0. The van der Waals surface area contributed by atoms with Gasteiger partial charge in [-0.3, -0.25) is 4.79 Å². The molecular formula is C19H20ClFN2O2. The van der Waals surface area contributed by atoms with Crippen molar-refractivity contribution < 1.29 is 13.9 Å². The number of carbonyl (C=O) groups excluding carboxylic acids is 1. The van der Waals surface area contributed by atoms with Gasteiger partial charge in [0.05, 0.1) is 5.69 Å². The van der Waals surface area contributed by atoms with Crippen molar-refractivity contribution in [2.75, 3.05) is 37.7 Å². The lowest BCUT2D eigenvalue weighted by Crippen LogP contribution is -2.50. The maximum absolute atomic E-state index is 13.9. The third-order valence-electron chi connectivity index (χ3n) is 4.31. The zero-order valence-corrected chi connectivity index (χ0v) is 14.8. The van der Waals surface area contributed by atoms with E-state index in [0.29, 0.717) is 42.6 Å². The Balaban J connectivity index is 1.52. The molecular weight excluding hydrogens is 343 g/mol. The summed E-state index contributed by atoms with van der Waals surface area (Å²) in [7, 11) is 0. The second-order valence-corrected chi connectivity index (χ2v) is 6.45. The fraction of sp³-hybridized carbons (Fsp3) is 0.316. The van der Waals surface area contributed by atoms with Crippen LogP contribution in [0.5, 0.6) is 5.75 Å². The van der Waals surface area contributed by atoms with Gasteiger partial charge < -0.3 is 14.5 Å². The number of amides is 1. The minimum atomic E-state index is -0.233. The van der Waals surface area contributed by atoms with Crippen LogP contribution in [0, 0.1) is 12.7 Å². The van der Waals surface area contributed by atoms with Crippen LogP contribution >= 0.6 is 11.6 Å². The molecule has 2 aromatic carbocycles. The SMILES string of the molecule is Cc1cc(Cl)ccc1OCC(=O)N1CCN(c2ccccc2F)CC1. The monoisotopic (exact) mass is 362 g/mol. The summed E-state index contributed by atoms with van der Waals surface area (Å²) < 4.78 is 19.5. The number of ether oxygens (including phenoxy) is 1. The van der Waals surface area contributed by atoms with Crippen LogP contribution in [0.15, 0.2) is 42.5 Å². The summed E-state index contributed by atoms with van der Waals surface area (Å²) in [6, 6.07) is 12.0. The predicted octanol–water partition coefficient (Wildman–Crippen LogP) is 3.52. The number of aryl methyl sites for hydroxylation is 1. The van der Waals surface area contributed by atoms with Gasteiger partial charge in [-0.2, -0.15) is 0 Å². The number of para-hydroxylation sites is 1. The summed E-state index contributed by atoms with van der Waals surface area (Å²) in [4.78, 5) is 16.1. The van der Waals surface area contributed by atoms with Crippen LogP contribution in [0.25, 0.3) is 0 Å². The number of nitrogens with zero attached hydrogens (tertiary/aromatic N) is 2. The first-order valence-corrected chi connectivity index (χ1v) is 8.58. The zero-order chi connectivity index (χ0) is 17.8. The van der Waals surface area contributed by atoms with Crippen LogP contribution in [-0.4, -0.2) is 43.6 Å². The van der Waals surface area contributed by atoms with Crippen molar-refractivity contribution in [2.24, 2.45) is 0 Å². The van der Waals surface area contributed by atoms with E-state index in [-0.39, 0.29) is 18.3 Å². The molecule has 0 aromatic heterocycles. The van der Waals surface area contributed by atoms with Crippen molar-refractivity contribution in [1.29, 1.82) is 0 Å². The number of benzene rings is 2. The van der Waals surface area contributed by atoms with E-state index >= 15 is 0 Å². The van der Waals surface area contributed by atoms with E-state index in [4.69, 9.17) is 16.3 Å². The molecule has 1 amide bonds. The lowest BCUT2D eigenvalue weighted by Gasteiger charge is -2.36. The van der Waals surface area contributed by atoms with Crippen LogP contribution in [-0.2, 0) is 4.79 Å². The molecule has 1 aliphatic rings. The minimum absolute atomic E-state index is 0.0117. The minimum Gasteiger partial charge on any atom is -0.483 e. The Bertz CT molecular complexity index is 761. The highest BCUT2D eigenvalue weighted by Crippen LogP contribution is 2.22. The molecule has 0 aliphatic carbocycles. The van der Waals surface area contributed by atoms with Crippen molar-refractivity contribution in [1.82, 2.24) is 4.90 Å². The van der Waals surface area contributed by atoms with E-state index in [0.717, 1.165) is 5.56 Å². The third kappa shape index (κ3) is 4.23. The van der Waals surface area contributed by atoms with E-state index < -0.39 is 0 Å². The summed E-state index contributed by atoms with van der Waals surface area (Å²) in [5.41, 5.74) is 1.48. The molecule has 0 atom stereocenters.